The average molecular weight is 238 g/mol. The molecule has 1 aromatic carbocycles. The molecular weight excluding hydrogens is 220 g/mol. The third-order valence-corrected chi connectivity index (χ3v) is 5.47. The Bertz CT molecular complexity index is 571. The van der Waals surface area contributed by atoms with Crippen LogP contribution in [0.15, 0.2) is 36.4 Å². The first-order chi connectivity index (χ1) is 8.63. The number of carbonyl (C=O) groups is 1. The van der Waals surface area contributed by atoms with Gasteiger partial charge in [0.2, 0.25) is 0 Å². The van der Waals surface area contributed by atoms with Gasteiger partial charge in [0.25, 0.3) is 0 Å². The lowest BCUT2D eigenvalue weighted by molar-refractivity contribution is 0.0913. The molecule has 3 atom stereocenters. The zero-order valence-electron chi connectivity index (χ0n) is 10.8. The number of rotatable bonds is 0. The van der Waals surface area contributed by atoms with E-state index in [1.54, 1.807) is 0 Å². The molecule has 1 saturated carbocycles. The number of hydrogen-bond acceptors (Lipinski definition) is 1. The number of Topliss-reactive ketones (excluding diaryl/α,β-unsaturated/α-hetero) is 1. The van der Waals surface area contributed by atoms with Crippen molar-refractivity contribution in [3.05, 3.63) is 47.5 Å². The molecule has 1 spiro atoms. The molecule has 18 heavy (non-hydrogen) atoms. The summed E-state index contributed by atoms with van der Waals surface area (Å²) >= 11 is 0. The average Bonchev–Trinajstić information content (AvgIpc) is 2.66. The molecule has 0 saturated heterocycles. The minimum absolute atomic E-state index is 0.258. The van der Waals surface area contributed by atoms with E-state index >= 15 is 0 Å². The monoisotopic (exact) mass is 238 g/mol. The van der Waals surface area contributed by atoms with Crippen LogP contribution in [0.4, 0.5) is 0 Å². The minimum atomic E-state index is 0.258. The molecule has 3 aliphatic carbocycles. The molecule has 1 fully saturated rings. The summed E-state index contributed by atoms with van der Waals surface area (Å²) in [7, 11) is 0. The van der Waals surface area contributed by atoms with Gasteiger partial charge >= 0.3 is 0 Å². The van der Waals surface area contributed by atoms with E-state index < -0.39 is 0 Å². The maximum absolute atomic E-state index is 12.3. The Morgan fingerprint density at radius 2 is 2.06 bits per heavy atom. The van der Waals surface area contributed by atoms with Crippen molar-refractivity contribution in [1.82, 2.24) is 0 Å². The van der Waals surface area contributed by atoms with Crippen LogP contribution in [-0.2, 0) is 5.41 Å². The van der Waals surface area contributed by atoms with Crippen molar-refractivity contribution in [1.29, 1.82) is 0 Å². The van der Waals surface area contributed by atoms with Gasteiger partial charge in [0.1, 0.15) is 0 Å². The van der Waals surface area contributed by atoms with Gasteiger partial charge in [0.15, 0.2) is 5.78 Å². The molecule has 92 valence electrons. The lowest BCUT2D eigenvalue weighted by Crippen LogP contribution is -2.41. The first-order valence-corrected chi connectivity index (χ1v) is 6.95. The lowest BCUT2D eigenvalue weighted by Gasteiger charge is -2.44. The Hall–Kier alpha value is -1.37. The van der Waals surface area contributed by atoms with Gasteiger partial charge in [-0.2, -0.15) is 0 Å². The van der Waals surface area contributed by atoms with Crippen LogP contribution in [0.3, 0.4) is 0 Å². The van der Waals surface area contributed by atoms with Gasteiger partial charge < -0.3 is 0 Å². The van der Waals surface area contributed by atoms with Gasteiger partial charge in [-0.3, -0.25) is 4.79 Å². The summed E-state index contributed by atoms with van der Waals surface area (Å²) in [6, 6.07) is 8.32. The van der Waals surface area contributed by atoms with Crippen molar-refractivity contribution in [3.63, 3.8) is 0 Å². The zero-order valence-corrected chi connectivity index (χ0v) is 10.8. The first kappa shape index (κ1) is 10.5. The van der Waals surface area contributed by atoms with E-state index in [1.807, 2.05) is 12.1 Å². The van der Waals surface area contributed by atoms with E-state index in [0.717, 1.165) is 5.56 Å². The molecule has 0 aliphatic heterocycles. The summed E-state index contributed by atoms with van der Waals surface area (Å²) < 4.78 is 0. The van der Waals surface area contributed by atoms with Gasteiger partial charge in [-0.1, -0.05) is 43.3 Å². The smallest absolute Gasteiger partial charge is 0.163 e. The van der Waals surface area contributed by atoms with Gasteiger partial charge in [-0.25, -0.2) is 0 Å². The second-order valence-corrected chi connectivity index (χ2v) is 6.63. The number of fused-ring (bicyclic) bond motifs is 2. The van der Waals surface area contributed by atoms with Crippen LogP contribution in [0.25, 0.3) is 0 Å². The zero-order chi connectivity index (χ0) is 12.4. The van der Waals surface area contributed by atoms with E-state index in [9.17, 15) is 4.79 Å². The van der Waals surface area contributed by atoms with E-state index in [-0.39, 0.29) is 5.41 Å². The fourth-order valence-corrected chi connectivity index (χ4v) is 4.56. The van der Waals surface area contributed by atoms with Crippen molar-refractivity contribution in [3.8, 4) is 0 Å². The number of carbonyl (C=O) groups excluding carboxylic acids is 1. The van der Waals surface area contributed by atoms with E-state index in [1.165, 1.54) is 24.8 Å². The Morgan fingerprint density at radius 3 is 2.94 bits per heavy atom. The minimum Gasteiger partial charge on any atom is -0.294 e. The van der Waals surface area contributed by atoms with E-state index in [2.05, 4.69) is 31.2 Å². The van der Waals surface area contributed by atoms with Crippen LogP contribution in [-0.4, -0.2) is 5.78 Å². The van der Waals surface area contributed by atoms with E-state index in [0.29, 0.717) is 23.5 Å². The van der Waals surface area contributed by atoms with Crippen LogP contribution in [0, 0.1) is 11.3 Å². The molecule has 0 amide bonds. The van der Waals surface area contributed by atoms with Crippen LogP contribution < -0.4 is 0 Å². The SMILES string of the molecule is C[C@]12C=C[C@@H]3CC(=O)c4ccccc4[C@@]3(CC1)C2. The topological polar surface area (TPSA) is 17.1 Å². The highest BCUT2D eigenvalue weighted by Crippen LogP contribution is 2.61. The molecule has 1 heteroatoms. The fraction of sp³-hybridized carbons (Fsp3) is 0.471. The molecular formula is C17H18O. The van der Waals surface area contributed by atoms with Crippen molar-refractivity contribution >= 4 is 5.78 Å². The van der Waals surface area contributed by atoms with Crippen molar-refractivity contribution < 1.29 is 4.79 Å². The predicted molar refractivity (Wildman–Crippen MR) is 71.7 cm³/mol. The van der Waals surface area contributed by atoms with Crippen LogP contribution in [0.5, 0.6) is 0 Å². The summed E-state index contributed by atoms with van der Waals surface area (Å²) in [6.45, 7) is 2.37. The Kier molecular flexibility index (Phi) is 1.84. The highest BCUT2D eigenvalue weighted by atomic mass is 16.1. The van der Waals surface area contributed by atoms with E-state index in [4.69, 9.17) is 0 Å². The molecule has 3 aliphatic rings. The molecule has 4 rings (SSSR count). The molecule has 0 aromatic heterocycles. The van der Waals surface area contributed by atoms with Crippen LogP contribution >= 0.6 is 0 Å². The number of ketones is 1. The molecule has 1 aromatic rings. The van der Waals surface area contributed by atoms with Gasteiger partial charge in [0, 0.05) is 17.4 Å². The van der Waals surface area contributed by atoms with Gasteiger partial charge in [-0.05, 0) is 36.2 Å². The second kappa shape index (κ2) is 3.14. The first-order valence-electron chi connectivity index (χ1n) is 6.95. The molecule has 0 heterocycles. The standard InChI is InChI=1S/C17H18O/c1-16-7-6-12-10-15(18)13-4-2-3-5-14(13)17(12,11-16)9-8-16/h2-7,12H,8-11H2,1H3/t12-,16+,17+/m1/s1. The Labute approximate surface area is 108 Å². The van der Waals surface area contributed by atoms with Crippen molar-refractivity contribution in [2.24, 2.45) is 11.3 Å². The molecule has 1 nitrogen and oxygen atoms in total. The Balaban J connectivity index is 1.97. The number of benzene rings is 1. The maximum atomic E-state index is 12.3. The number of allylic oxidation sites excluding steroid dienone is 2. The maximum Gasteiger partial charge on any atom is 0.163 e. The van der Waals surface area contributed by atoms with Crippen molar-refractivity contribution in [2.45, 2.75) is 38.0 Å². The normalized spacial score (nSPS) is 40.5. The summed E-state index contributed by atoms with van der Waals surface area (Å²) in [6.07, 6.45) is 9.16. The largest absolute Gasteiger partial charge is 0.294 e. The van der Waals surface area contributed by atoms with Crippen LogP contribution in [0.2, 0.25) is 0 Å². The van der Waals surface area contributed by atoms with Gasteiger partial charge in [0.05, 0.1) is 0 Å². The highest BCUT2D eigenvalue weighted by Gasteiger charge is 2.55. The Morgan fingerprint density at radius 1 is 1.22 bits per heavy atom. The second-order valence-electron chi connectivity index (χ2n) is 6.63. The third kappa shape index (κ3) is 1.15. The lowest BCUT2D eigenvalue weighted by atomic mass is 9.58. The quantitative estimate of drug-likeness (QED) is 0.627. The summed E-state index contributed by atoms with van der Waals surface area (Å²) in [5.74, 6) is 0.775. The molecule has 2 bridgehead atoms. The summed E-state index contributed by atoms with van der Waals surface area (Å²) in [5.41, 5.74) is 2.95. The predicted octanol–water partition coefficient (Wildman–Crippen LogP) is 3.89. The van der Waals surface area contributed by atoms with Gasteiger partial charge in [-0.15, -0.1) is 0 Å². The molecule has 0 N–H and O–H groups in total. The number of hydrogen-bond donors (Lipinski definition) is 0. The third-order valence-electron chi connectivity index (χ3n) is 5.47. The summed E-state index contributed by atoms with van der Waals surface area (Å²) in [5, 5.41) is 0. The molecule has 0 unspecified atom stereocenters. The molecule has 0 radical (unpaired) electrons. The van der Waals surface area contributed by atoms with Crippen molar-refractivity contribution in [2.75, 3.05) is 0 Å². The van der Waals surface area contributed by atoms with Crippen LogP contribution in [0.1, 0.15) is 48.5 Å². The fourth-order valence-electron chi connectivity index (χ4n) is 4.56. The highest BCUT2D eigenvalue weighted by molar-refractivity contribution is 5.99. The summed E-state index contributed by atoms with van der Waals surface area (Å²) in [4.78, 5) is 12.3.